The Morgan fingerprint density at radius 1 is 1.39 bits per heavy atom. The summed E-state index contributed by atoms with van der Waals surface area (Å²) >= 11 is 0. The zero-order valence-electron chi connectivity index (χ0n) is 9.94. The van der Waals surface area contributed by atoms with Crippen molar-refractivity contribution in [1.29, 1.82) is 0 Å². The lowest BCUT2D eigenvalue weighted by Crippen LogP contribution is -2.46. The Bertz CT molecular complexity index is 495. The summed E-state index contributed by atoms with van der Waals surface area (Å²) in [4.78, 5) is 22.5. The number of carboxylic acid groups (broad SMARTS) is 1. The molecule has 18 heavy (non-hydrogen) atoms. The standard InChI is InChI=1S/C13H14FNO3/c1-7-4-9(14)2-3-11(7)12(16)15-10-5-8(6-10)13(17)18/h2-4,8,10H,5-6H2,1H3,(H,15,16)(H,17,18). The van der Waals surface area contributed by atoms with Crippen LogP contribution in [-0.2, 0) is 4.79 Å². The van der Waals surface area contributed by atoms with E-state index in [2.05, 4.69) is 5.32 Å². The van der Waals surface area contributed by atoms with E-state index < -0.39 is 5.97 Å². The van der Waals surface area contributed by atoms with Crippen LogP contribution in [0.4, 0.5) is 4.39 Å². The molecule has 0 unspecified atom stereocenters. The van der Waals surface area contributed by atoms with Gasteiger partial charge in [-0.2, -0.15) is 0 Å². The number of amides is 1. The molecule has 0 aliphatic heterocycles. The van der Waals surface area contributed by atoms with E-state index >= 15 is 0 Å². The molecule has 0 saturated heterocycles. The summed E-state index contributed by atoms with van der Waals surface area (Å²) in [5, 5.41) is 11.5. The molecule has 0 atom stereocenters. The Kier molecular flexibility index (Phi) is 3.32. The lowest BCUT2D eigenvalue weighted by molar-refractivity contribution is -0.145. The minimum atomic E-state index is -0.821. The highest BCUT2D eigenvalue weighted by molar-refractivity contribution is 5.95. The van der Waals surface area contributed by atoms with Crippen molar-refractivity contribution in [3.63, 3.8) is 0 Å². The van der Waals surface area contributed by atoms with Crippen LogP contribution in [0, 0.1) is 18.7 Å². The van der Waals surface area contributed by atoms with Crippen molar-refractivity contribution in [3.05, 3.63) is 35.1 Å². The van der Waals surface area contributed by atoms with Gasteiger partial charge in [-0.05, 0) is 43.5 Å². The topological polar surface area (TPSA) is 66.4 Å². The Morgan fingerprint density at radius 3 is 2.61 bits per heavy atom. The lowest BCUT2D eigenvalue weighted by atomic mass is 9.80. The molecule has 4 nitrogen and oxygen atoms in total. The van der Waals surface area contributed by atoms with Gasteiger partial charge in [0.25, 0.3) is 5.91 Å². The van der Waals surface area contributed by atoms with E-state index in [1.54, 1.807) is 6.92 Å². The number of carboxylic acids is 1. The molecular weight excluding hydrogens is 237 g/mol. The summed E-state index contributed by atoms with van der Waals surface area (Å²) in [6, 6.07) is 3.88. The van der Waals surface area contributed by atoms with Gasteiger partial charge >= 0.3 is 5.97 Å². The van der Waals surface area contributed by atoms with Gasteiger partial charge in [0.05, 0.1) is 5.92 Å². The fraction of sp³-hybridized carbons (Fsp3) is 0.385. The van der Waals surface area contributed by atoms with Crippen LogP contribution in [-0.4, -0.2) is 23.0 Å². The maximum absolute atomic E-state index is 12.9. The molecular formula is C13H14FNO3. The van der Waals surface area contributed by atoms with Gasteiger partial charge in [0.2, 0.25) is 0 Å². The number of rotatable bonds is 3. The fourth-order valence-corrected chi connectivity index (χ4v) is 2.08. The lowest BCUT2D eigenvalue weighted by Gasteiger charge is -2.32. The molecule has 0 heterocycles. The van der Waals surface area contributed by atoms with Gasteiger partial charge in [-0.3, -0.25) is 9.59 Å². The molecule has 1 aliphatic carbocycles. The van der Waals surface area contributed by atoms with Crippen LogP contribution in [0.1, 0.15) is 28.8 Å². The molecule has 0 radical (unpaired) electrons. The molecule has 0 aromatic heterocycles. The molecule has 1 amide bonds. The van der Waals surface area contributed by atoms with Crippen molar-refractivity contribution in [2.75, 3.05) is 0 Å². The first-order valence-electron chi connectivity index (χ1n) is 5.77. The first kappa shape index (κ1) is 12.5. The maximum Gasteiger partial charge on any atom is 0.306 e. The highest BCUT2D eigenvalue weighted by Crippen LogP contribution is 2.27. The van der Waals surface area contributed by atoms with Crippen LogP contribution < -0.4 is 5.32 Å². The molecule has 96 valence electrons. The van der Waals surface area contributed by atoms with Crippen LogP contribution in [0.2, 0.25) is 0 Å². The molecule has 0 bridgehead atoms. The van der Waals surface area contributed by atoms with Gasteiger partial charge in [-0.25, -0.2) is 4.39 Å². The van der Waals surface area contributed by atoms with Crippen molar-refractivity contribution in [2.45, 2.75) is 25.8 Å². The van der Waals surface area contributed by atoms with E-state index in [4.69, 9.17) is 5.11 Å². The third-order valence-corrected chi connectivity index (χ3v) is 3.26. The Morgan fingerprint density at radius 2 is 2.06 bits per heavy atom. The smallest absolute Gasteiger partial charge is 0.306 e. The predicted molar refractivity (Wildman–Crippen MR) is 62.8 cm³/mol. The van der Waals surface area contributed by atoms with Gasteiger partial charge < -0.3 is 10.4 Å². The normalized spacial score (nSPS) is 22.1. The molecule has 1 aromatic carbocycles. The molecule has 1 aromatic rings. The van der Waals surface area contributed by atoms with E-state index in [1.807, 2.05) is 0 Å². The number of hydrogen-bond donors (Lipinski definition) is 2. The number of carbonyl (C=O) groups excluding carboxylic acids is 1. The predicted octanol–water partition coefficient (Wildman–Crippen LogP) is 1.73. The average Bonchev–Trinajstić information content (AvgIpc) is 2.21. The van der Waals surface area contributed by atoms with Crippen LogP contribution in [0.3, 0.4) is 0 Å². The zero-order valence-corrected chi connectivity index (χ0v) is 9.94. The second-order valence-electron chi connectivity index (χ2n) is 4.64. The molecule has 2 N–H and O–H groups in total. The summed E-state index contributed by atoms with van der Waals surface area (Å²) in [5.41, 5.74) is 0.997. The first-order valence-corrected chi connectivity index (χ1v) is 5.77. The van der Waals surface area contributed by atoms with Crippen LogP contribution in [0.15, 0.2) is 18.2 Å². The van der Waals surface area contributed by atoms with E-state index in [0.29, 0.717) is 24.0 Å². The number of halogens is 1. The highest BCUT2D eigenvalue weighted by Gasteiger charge is 2.35. The average molecular weight is 251 g/mol. The molecule has 1 aliphatic rings. The van der Waals surface area contributed by atoms with Gasteiger partial charge in [-0.1, -0.05) is 0 Å². The van der Waals surface area contributed by atoms with Crippen LogP contribution in [0.25, 0.3) is 0 Å². The van der Waals surface area contributed by atoms with E-state index in [9.17, 15) is 14.0 Å². The number of benzene rings is 1. The molecule has 5 heteroatoms. The van der Waals surface area contributed by atoms with Crippen molar-refractivity contribution < 1.29 is 19.1 Å². The van der Waals surface area contributed by atoms with Crippen LogP contribution in [0.5, 0.6) is 0 Å². The van der Waals surface area contributed by atoms with E-state index in [0.717, 1.165) is 0 Å². The molecule has 2 rings (SSSR count). The SMILES string of the molecule is Cc1cc(F)ccc1C(=O)NC1CC(C(=O)O)C1. The van der Waals surface area contributed by atoms with Gasteiger partial charge in [-0.15, -0.1) is 0 Å². The summed E-state index contributed by atoms with van der Waals surface area (Å²) in [7, 11) is 0. The number of aliphatic carboxylic acids is 1. The Labute approximate surface area is 104 Å². The Hall–Kier alpha value is -1.91. The minimum absolute atomic E-state index is 0.0944. The summed E-state index contributed by atoms with van der Waals surface area (Å²) in [6.45, 7) is 1.67. The monoisotopic (exact) mass is 251 g/mol. The second kappa shape index (κ2) is 4.76. The third-order valence-electron chi connectivity index (χ3n) is 3.26. The minimum Gasteiger partial charge on any atom is -0.481 e. The van der Waals surface area contributed by atoms with Gasteiger partial charge in [0, 0.05) is 11.6 Å². The zero-order chi connectivity index (χ0) is 13.3. The summed E-state index contributed by atoms with van der Waals surface area (Å²) in [6.07, 6.45) is 0.919. The Balaban J connectivity index is 1.95. The molecule has 1 fully saturated rings. The quantitative estimate of drug-likeness (QED) is 0.859. The van der Waals surface area contributed by atoms with Gasteiger partial charge in [0.1, 0.15) is 5.82 Å². The number of carbonyl (C=O) groups is 2. The number of nitrogens with one attached hydrogen (secondary N) is 1. The highest BCUT2D eigenvalue weighted by atomic mass is 19.1. The number of aryl methyl sites for hydroxylation is 1. The summed E-state index contributed by atoms with van der Waals surface area (Å²) < 4.78 is 12.9. The summed E-state index contributed by atoms with van der Waals surface area (Å²) in [5.74, 6) is -1.83. The fourth-order valence-electron chi connectivity index (χ4n) is 2.08. The largest absolute Gasteiger partial charge is 0.481 e. The maximum atomic E-state index is 12.9. The van der Waals surface area contributed by atoms with Gasteiger partial charge in [0.15, 0.2) is 0 Å². The third kappa shape index (κ3) is 2.50. The van der Waals surface area contributed by atoms with Crippen LogP contribution >= 0.6 is 0 Å². The van der Waals surface area contributed by atoms with Crippen molar-refractivity contribution in [2.24, 2.45) is 5.92 Å². The molecule has 1 saturated carbocycles. The first-order chi connectivity index (χ1) is 8.47. The van der Waals surface area contributed by atoms with E-state index in [1.165, 1.54) is 18.2 Å². The van der Waals surface area contributed by atoms with E-state index in [-0.39, 0.29) is 23.7 Å². The number of hydrogen-bond acceptors (Lipinski definition) is 2. The van der Waals surface area contributed by atoms with Crippen molar-refractivity contribution in [1.82, 2.24) is 5.32 Å². The molecule has 0 spiro atoms. The van der Waals surface area contributed by atoms with Crippen molar-refractivity contribution >= 4 is 11.9 Å². The second-order valence-corrected chi connectivity index (χ2v) is 4.64. The van der Waals surface area contributed by atoms with Crippen molar-refractivity contribution in [3.8, 4) is 0 Å².